The van der Waals surface area contributed by atoms with Crippen molar-refractivity contribution in [3.8, 4) is 11.8 Å². The molecule has 0 N–H and O–H groups in total. The van der Waals surface area contributed by atoms with E-state index >= 15 is 0 Å². The number of aromatic nitrogens is 2. The van der Waals surface area contributed by atoms with Crippen LogP contribution in [0.1, 0.15) is 36.1 Å². The van der Waals surface area contributed by atoms with Crippen LogP contribution in [0.3, 0.4) is 0 Å². The van der Waals surface area contributed by atoms with E-state index in [9.17, 15) is 18.0 Å². The van der Waals surface area contributed by atoms with Crippen molar-refractivity contribution in [3.05, 3.63) is 70.8 Å². The Hall–Kier alpha value is -4.25. The summed E-state index contributed by atoms with van der Waals surface area (Å²) in [5.74, 6) is -0.877. The average molecular weight is 607 g/mol. The third-order valence-corrected chi connectivity index (χ3v) is 9.23. The minimum absolute atomic E-state index is 0.0311. The Labute approximate surface area is 250 Å². The van der Waals surface area contributed by atoms with Crippen molar-refractivity contribution in [2.45, 2.75) is 38.2 Å². The standard InChI is InChI=1S/C20H23NO5.C12H11NO3S/c1-4-25-19(22)15-10-13-12-8-6-7-9-17(12)21-18(24-3)14(13)11-16(15)20(23)26-5-2;1-16-12-10-7-17(14,15)6-9(10)8-4-2-3-5-11(8)13-12/h6-9,15-16H,4-5,10-11H2,1-3H3;2-5H,6-7H2,1H3/t15-,16-;/m0./s1. The normalized spacial score (nSPS) is 18.1. The van der Waals surface area contributed by atoms with E-state index in [1.165, 1.54) is 7.11 Å². The SMILES string of the molecule is CCOC(=O)[C@H]1Cc2c(OC)nc3ccccc3c2C[C@@H]1C(=O)OCC.COc1nc2ccccc2c2c1CS(=O)(=O)C2. The van der Waals surface area contributed by atoms with Gasteiger partial charge >= 0.3 is 11.9 Å². The number of nitrogens with zero attached hydrogens (tertiary/aromatic N) is 2. The molecule has 0 saturated heterocycles. The predicted molar refractivity (Wildman–Crippen MR) is 161 cm³/mol. The van der Waals surface area contributed by atoms with Crippen LogP contribution >= 0.6 is 0 Å². The summed E-state index contributed by atoms with van der Waals surface area (Å²) in [5, 5.41) is 1.88. The summed E-state index contributed by atoms with van der Waals surface area (Å²) in [6, 6.07) is 15.3. The number of hydrogen-bond acceptors (Lipinski definition) is 10. The van der Waals surface area contributed by atoms with Crippen LogP contribution in [0.15, 0.2) is 48.5 Å². The van der Waals surface area contributed by atoms with Crippen LogP contribution < -0.4 is 9.47 Å². The van der Waals surface area contributed by atoms with Gasteiger partial charge in [-0.15, -0.1) is 0 Å². The van der Waals surface area contributed by atoms with E-state index < -0.39 is 21.7 Å². The first-order valence-electron chi connectivity index (χ1n) is 14.1. The fourth-order valence-electron chi connectivity index (χ4n) is 5.89. The van der Waals surface area contributed by atoms with Crippen molar-refractivity contribution in [2.75, 3.05) is 27.4 Å². The van der Waals surface area contributed by atoms with Crippen LogP contribution in [0.4, 0.5) is 0 Å². The molecule has 0 saturated carbocycles. The summed E-state index contributed by atoms with van der Waals surface area (Å²) >= 11 is 0. The Morgan fingerprint density at radius 1 is 0.698 bits per heavy atom. The highest BCUT2D eigenvalue weighted by Gasteiger charge is 2.42. The first kappa shape index (κ1) is 30.2. The van der Waals surface area contributed by atoms with Gasteiger partial charge in [-0.05, 0) is 49.9 Å². The first-order chi connectivity index (χ1) is 20.7. The molecule has 10 nitrogen and oxygen atoms in total. The van der Waals surface area contributed by atoms with Crippen molar-refractivity contribution in [2.24, 2.45) is 11.8 Å². The Morgan fingerprint density at radius 3 is 1.65 bits per heavy atom. The minimum Gasteiger partial charge on any atom is -0.481 e. The van der Waals surface area contributed by atoms with Crippen LogP contribution in [-0.4, -0.2) is 57.8 Å². The number of esters is 2. The van der Waals surface area contributed by atoms with E-state index in [-0.39, 0.29) is 36.7 Å². The molecule has 43 heavy (non-hydrogen) atoms. The molecule has 2 aromatic heterocycles. The molecule has 0 radical (unpaired) electrons. The molecule has 0 unspecified atom stereocenters. The number of fused-ring (bicyclic) bond motifs is 6. The quantitative estimate of drug-likeness (QED) is 0.292. The molecule has 0 amide bonds. The van der Waals surface area contributed by atoms with Crippen LogP contribution in [-0.2, 0) is 53.2 Å². The number of carbonyl (C=O) groups is 2. The Bertz CT molecular complexity index is 1800. The summed E-state index contributed by atoms with van der Waals surface area (Å²) in [7, 11) is 0.0304. The predicted octanol–water partition coefficient (Wildman–Crippen LogP) is 4.37. The molecule has 1 aliphatic carbocycles. The molecule has 1 aliphatic heterocycles. The number of rotatable bonds is 6. The van der Waals surface area contributed by atoms with E-state index in [0.29, 0.717) is 30.2 Å². The molecule has 3 heterocycles. The number of para-hydroxylation sites is 2. The van der Waals surface area contributed by atoms with Gasteiger partial charge in [0.25, 0.3) is 0 Å². The highest BCUT2D eigenvalue weighted by Crippen LogP contribution is 2.40. The van der Waals surface area contributed by atoms with Crippen LogP contribution in [0.5, 0.6) is 11.8 Å². The summed E-state index contributed by atoms with van der Waals surface area (Å²) < 4.78 is 44.5. The van der Waals surface area contributed by atoms with Gasteiger partial charge in [-0.2, -0.15) is 0 Å². The fraction of sp³-hybridized carbons (Fsp3) is 0.375. The molecule has 0 fully saturated rings. The summed E-state index contributed by atoms with van der Waals surface area (Å²) in [6.07, 6.45) is 0.746. The van der Waals surface area contributed by atoms with Crippen molar-refractivity contribution in [1.29, 1.82) is 0 Å². The maximum atomic E-state index is 12.5. The van der Waals surface area contributed by atoms with E-state index in [1.54, 1.807) is 21.0 Å². The number of benzene rings is 2. The van der Waals surface area contributed by atoms with E-state index in [2.05, 4.69) is 9.97 Å². The van der Waals surface area contributed by atoms with Crippen molar-refractivity contribution in [1.82, 2.24) is 9.97 Å². The monoisotopic (exact) mass is 606 g/mol. The lowest BCUT2D eigenvalue weighted by Gasteiger charge is -2.31. The highest BCUT2D eigenvalue weighted by atomic mass is 32.2. The zero-order chi connectivity index (χ0) is 30.7. The topological polar surface area (TPSA) is 131 Å². The zero-order valence-corrected chi connectivity index (χ0v) is 25.4. The number of pyridine rings is 2. The summed E-state index contributed by atoms with van der Waals surface area (Å²) in [5.41, 5.74) is 5.00. The van der Waals surface area contributed by atoms with Gasteiger partial charge in [0.1, 0.15) is 0 Å². The van der Waals surface area contributed by atoms with E-state index in [0.717, 1.165) is 38.5 Å². The van der Waals surface area contributed by atoms with Crippen molar-refractivity contribution in [3.63, 3.8) is 0 Å². The maximum Gasteiger partial charge on any atom is 0.310 e. The second-order valence-corrected chi connectivity index (χ2v) is 12.4. The molecule has 4 aromatic rings. The van der Waals surface area contributed by atoms with Gasteiger partial charge in [0.05, 0.1) is 61.8 Å². The van der Waals surface area contributed by atoms with Gasteiger partial charge in [-0.1, -0.05) is 36.4 Å². The molecular weight excluding hydrogens is 572 g/mol. The minimum atomic E-state index is -3.05. The number of hydrogen-bond donors (Lipinski definition) is 0. The van der Waals surface area contributed by atoms with Gasteiger partial charge in [0.15, 0.2) is 9.84 Å². The Morgan fingerprint density at radius 2 is 1.14 bits per heavy atom. The molecule has 0 spiro atoms. The van der Waals surface area contributed by atoms with Gasteiger partial charge < -0.3 is 18.9 Å². The molecule has 6 rings (SSSR count). The lowest BCUT2D eigenvalue weighted by molar-refractivity contribution is -0.160. The third-order valence-electron chi connectivity index (χ3n) is 7.77. The largest absolute Gasteiger partial charge is 0.481 e. The second kappa shape index (κ2) is 12.5. The van der Waals surface area contributed by atoms with E-state index in [1.807, 2.05) is 48.5 Å². The van der Waals surface area contributed by atoms with Crippen LogP contribution in [0.25, 0.3) is 21.8 Å². The summed E-state index contributed by atoms with van der Waals surface area (Å²) in [6.45, 7) is 4.06. The van der Waals surface area contributed by atoms with Gasteiger partial charge in [0, 0.05) is 21.9 Å². The van der Waals surface area contributed by atoms with Gasteiger partial charge in [0.2, 0.25) is 11.8 Å². The van der Waals surface area contributed by atoms with Crippen LogP contribution in [0.2, 0.25) is 0 Å². The number of carbonyl (C=O) groups excluding carboxylic acids is 2. The maximum absolute atomic E-state index is 12.5. The van der Waals surface area contributed by atoms with Crippen LogP contribution in [0, 0.1) is 11.8 Å². The zero-order valence-electron chi connectivity index (χ0n) is 24.6. The highest BCUT2D eigenvalue weighted by molar-refractivity contribution is 7.90. The third kappa shape index (κ3) is 5.99. The van der Waals surface area contributed by atoms with Crippen molar-refractivity contribution < 1.29 is 37.0 Å². The van der Waals surface area contributed by atoms with Crippen molar-refractivity contribution >= 4 is 43.6 Å². The lowest BCUT2D eigenvalue weighted by atomic mass is 9.75. The molecule has 0 bridgehead atoms. The fourth-order valence-corrected chi connectivity index (χ4v) is 7.50. The number of methoxy groups -OCH3 is 2. The Balaban J connectivity index is 0.000000186. The molecule has 226 valence electrons. The molecule has 11 heteroatoms. The van der Waals surface area contributed by atoms with E-state index in [4.69, 9.17) is 18.9 Å². The average Bonchev–Trinajstić information content (AvgIpc) is 3.35. The van der Waals surface area contributed by atoms with Gasteiger partial charge in [-0.3, -0.25) is 9.59 Å². The number of ether oxygens (including phenoxy) is 4. The van der Waals surface area contributed by atoms with Gasteiger partial charge in [-0.25, -0.2) is 18.4 Å². The lowest BCUT2D eigenvalue weighted by Crippen LogP contribution is -2.39. The summed E-state index contributed by atoms with van der Waals surface area (Å²) in [4.78, 5) is 33.9. The Kier molecular flexibility index (Phi) is 8.82. The molecular formula is C32H34N2O8S. The first-order valence-corrected chi connectivity index (χ1v) is 16.0. The molecule has 2 aliphatic rings. The molecule has 2 atom stereocenters. The number of sulfone groups is 1. The second-order valence-electron chi connectivity index (χ2n) is 10.3. The smallest absolute Gasteiger partial charge is 0.310 e. The molecule has 2 aromatic carbocycles.